The third kappa shape index (κ3) is 5.71. The summed E-state index contributed by atoms with van der Waals surface area (Å²) in [6, 6.07) is 10.3. The molecule has 3 aromatic rings. The van der Waals surface area contributed by atoms with Gasteiger partial charge >= 0.3 is 5.97 Å². The van der Waals surface area contributed by atoms with Crippen LogP contribution >= 0.6 is 0 Å². The zero-order valence-electron chi connectivity index (χ0n) is 20.1. The van der Waals surface area contributed by atoms with Crippen LogP contribution in [0.2, 0.25) is 0 Å². The van der Waals surface area contributed by atoms with Gasteiger partial charge in [-0.05, 0) is 35.6 Å². The van der Waals surface area contributed by atoms with Crippen molar-refractivity contribution in [3.63, 3.8) is 0 Å². The summed E-state index contributed by atoms with van der Waals surface area (Å²) in [6.45, 7) is 6.16. The van der Waals surface area contributed by atoms with E-state index in [1.807, 2.05) is 24.5 Å². The second-order valence-corrected chi connectivity index (χ2v) is 8.76. The van der Waals surface area contributed by atoms with E-state index in [4.69, 9.17) is 9.47 Å². The van der Waals surface area contributed by atoms with Gasteiger partial charge in [0.25, 0.3) is 0 Å². The number of carbonyl (C=O) groups is 1. The molecule has 0 N–H and O–H groups in total. The average Bonchev–Trinajstić information content (AvgIpc) is 2.89. The van der Waals surface area contributed by atoms with Gasteiger partial charge in [0.1, 0.15) is 11.9 Å². The highest BCUT2D eigenvalue weighted by molar-refractivity contribution is 5.73. The quantitative estimate of drug-likeness (QED) is 0.446. The third-order valence-electron chi connectivity index (χ3n) is 6.42. The lowest BCUT2D eigenvalue weighted by molar-refractivity contribution is -0.139. The second kappa shape index (κ2) is 11.1. The number of aromatic nitrogens is 3. The standard InChI is InChI=1S/C27H32N4O3/c1-4-19(2)24-7-5-6-8-25(24)34-23-9-11-31(12-10-23)27-29-17-22(18-30-27)21-13-20(15-28-16-21)14-26(32)33-3/h5-8,13,15-19,23H,4,9-12,14H2,1-3H3. The summed E-state index contributed by atoms with van der Waals surface area (Å²) in [6.07, 6.45) is 10.4. The van der Waals surface area contributed by atoms with Gasteiger partial charge < -0.3 is 14.4 Å². The lowest BCUT2D eigenvalue weighted by Crippen LogP contribution is -2.39. The van der Waals surface area contributed by atoms with Crippen LogP contribution in [0.4, 0.5) is 5.95 Å². The predicted molar refractivity (Wildman–Crippen MR) is 132 cm³/mol. The van der Waals surface area contributed by atoms with Crippen LogP contribution in [0.3, 0.4) is 0 Å². The SMILES string of the molecule is CCC(C)c1ccccc1OC1CCN(c2ncc(-c3cncc(CC(=O)OC)c3)cn2)CC1. The number of nitrogens with zero attached hydrogens (tertiary/aromatic N) is 4. The van der Waals surface area contributed by atoms with Gasteiger partial charge in [-0.15, -0.1) is 0 Å². The molecule has 0 radical (unpaired) electrons. The highest BCUT2D eigenvalue weighted by Crippen LogP contribution is 2.31. The highest BCUT2D eigenvalue weighted by atomic mass is 16.5. The maximum absolute atomic E-state index is 11.5. The highest BCUT2D eigenvalue weighted by Gasteiger charge is 2.23. The number of piperidine rings is 1. The molecule has 1 aliphatic rings. The van der Waals surface area contributed by atoms with Gasteiger partial charge in [0, 0.05) is 61.8 Å². The molecule has 0 spiro atoms. The van der Waals surface area contributed by atoms with E-state index in [0.29, 0.717) is 5.92 Å². The Morgan fingerprint density at radius 3 is 2.53 bits per heavy atom. The molecular formula is C27H32N4O3. The van der Waals surface area contributed by atoms with Gasteiger partial charge in [0.05, 0.1) is 13.5 Å². The Labute approximate surface area is 201 Å². The average molecular weight is 461 g/mol. The molecule has 1 unspecified atom stereocenters. The van der Waals surface area contributed by atoms with E-state index >= 15 is 0 Å². The minimum Gasteiger partial charge on any atom is -0.490 e. The molecule has 2 aromatic heterocycles. The first-order chi connectivity index (χ1) is 16.6. The molecule has 178 valence electrons. The molecule has 1 saturated heterocycles. The summed E-state index contributed by atoms with van der Waals surface area (Å²) in [7, 11) is 1.38. The van der Waals surface area contributed by atoms with Crippen molar-refractivity contribution in [1.82, 2.24) is 15.0 Å². The van der Waals surface area contributed by atoms with Crippen LogP contribution < -0.4 is 9.64 Å². The smallest absolute Gasteiger partial charge is 0.310 e. The minimum atomic E-state index is -0.290. The molecule has 1 atom stereocenters. The molecular weight excluding hydrogens is 428 g/mol. The van der Waals surface area contributed by atoms with Crippen molar-refractivity contribution >= 4 is 11.9 Å². The zero-order valence-corrected chi connectivity index (χ0v) is 20.1. The molecule has 34 heavy (non-hydrogen) atoms. The topological polar surface area (TPSA) is 77.4 Å². The van der Waals surface area contributed by atoms with Crippen LogP contribution in [0.25, 0.3) is 11.1 Å². The van der Waals surface area contributed by atoms with Crippen LogP contribution in [0, 0.1) is 0 Å². The molecule has 1 aromatic carbocycles. The first-order valence-corrected chi connectivity index (χ1v) is 11.9. The fourth-order valence-electron chi connectivity index (χ4n) is 4.18. The molecule has 7 heteroatoms. The number of para-hydroxylation sites is 1. The number of rotatable bonds is 8. The number of anilines is 1. The number of pyridine rings is 1. The Morgan fingerprint density at radius 2 is 1.82 bits per heavy atom. The van der Waals surface area contributed by atoms with Crippen molar-refractivity contribution in [2.45, 2.75) is 51.6 Å². The molecule has 1 fully saturated rings. The van der Waals surface area contributed by atoms with Crippen molar-refractivity contribution in [2.24, 2.45) is 0 Å². The number of esters is 1. The fourth-order valence-corrected chi connectivity index (χ4v) is 4.18. The van der Waals surface area contributed by atoms with E-state index in [0.717, 1.165) is 60.7 Å². The Kier molecular flexibility index (Phi) is 7.72. The molecule has 1 aliphatic heterocycles. The van der Waals surface area contributed by atoms with E-state index in [9.17, 15) is 4.79 Å². The lowest BCUT2D eigenvalue weighted by Gasteiger charge is -2.32. The normalized spacial score (nSPS) is 15.1. The molecule has 4 rings (SSSR count). The Hall–Kier alpha value is -3.48. The first kappa shape index (κ1) is 23.7. The van der Waals surface area contributed by atoms with E-state index in [1.165, 1.54) is 12.7 Å². The summed E-state index contributed by atoms with van der Waals surface area (Å²) in [4.78, 5) is 27.2. The summed E-state index contributed by atoms with van der Waals surface area (Å²) >= 11 is 0. The molecule has 0 amide bonds. The molecule has 0 aliphatic carbocycles. The van der Waals surface area contributed by atoms with Crippen LogP contribution in [0.1, 0.15) is 50.2 Å². The fraction of sp³-hybridized carbons (Fsp3) is 0.407. The Morgan fingerprint density at radius 1 is 1.09 bits per heavy atom. The monoisotopic (exact) mass is 460 g/mol. The largest absolute Gasteiger partial charge is 0.490 e. The number of hydrogen-bond acceptors (Lipinski definition) is 7. The number of benzene rings is 1. The van der Waals surface area contributed by atoms with Crippen LogP contribution in [0.5, 0.6) is 5.75 Å². The van der Waals surface area contributed by atoms with Gasteiger partial charge in [-0.2, -0.15) is 0 Å². The van der Waals surface area contributed by atoms with E-state index in [2.05, 4.69) is 51.9 Å². The van der Waals surface area contributed by atoms with E-state index in [1.54, 1.807) is 12.4 Å². The van der Waals surface area contributed by atoms with Crippen LogP contribution in [-0.2, 0) is 16.0 Å². The van der Waals surface area contributed by atoms with Crippen molar-refractivity contribution in [1.29, 1.82) is 0 Å². The van der Waals surface area contributed by atoms with Crippen molar-refractivity contribution in [3.8, 4) is 16.9 Å². The molecule has 0 saturated carbocycles. The minimum absolute atomic E-state index is 0.190. The number of methoxy groups -OCH3 is 1. The first-order valence-electron chi connectivity index (χ1n) is 11.9. The predicted octanol–water partition coefficient (Wildman–Crippen LogP) is 4.82. The van der Waals surface area contributed by atoms with Gasteiger partial charge in [-0.3, -0.25) is 9.78 Å². The molecule has 3 heterocycles. The van der Waals surface area contributed by atoms with Gasteiger partial charge in [-0.1, -0.05) is 32.0 Å². The third-order valence-corrected chi connectivity index (χ3v) is 6.42. The van der Waals surface area contributed by atoms with Gasteiger partial charge in [0.15, 0.2) is 0 Å². The van der Waals surface area contributed by atoms with Crippen LogP contribution in [0.15, 0.2) is 55.1 Å². The Balaban J connectivity index is 1.36. The maximum Gasteiger partial charge on any atom is 0.310 e. The number of carbonyl (C=O) groups excluding carboxylic acids is 1. The lowest BCUT2D eigenvalue weighted by atomic mass is 9.97. The van der Waals surface area contributed by atoms with Crippen LogP contribution in [-0.4, -0.2) is 47.2 Å². The summed E-state index contributed by atoms with van der Waals surface area (Å²) in [5, 5.41) is 0. The van der Waals surface area contributed by atoms with E-state index < -0.39 is 0 Å². The maximum atomic E-state index is 11.5. The summed E-state index contributed by atoms with van der Waals surface area (Å²) in [5.41, 5.74) is 3.82. The van der Waals surface area contributed by atoms with Crippen molar-refractivity contribution in [3.05, 3.63) is 66.2 Å². The summed E-state index contributed by atoms with van der Waals surface area (Å²) < 4.78 is 11.1. The van der Waals surface area contributed by atoms with Crippen molar-refractivity contribution in [2.75, 3.05) is 25.1 Å². The molecule has 0 bridgehead atoms. The summed E-state index contributed by atoms with van der Waals surface area (Å²) in [5.74, 6) is 1.93. The number of hydrogen-bond donors (Lipinski definition) is 0. The Bertz CT molecular complexity index is 1100. The van der Waals surface area contributed by atoms with Crippen molar-refractivity contribution < 1.29 is 14.3 Å². The molecule has 7 nitrogen and oxygen atoms in total. The zero-order chi connectivity index (χ0) is 23.9. The van der Waals surface area contributed by atoms with Gasteiger partial charge in [0.2, 0.25) is 5.95 Å². The number of ether oxygens (including phenoxy) is 2. The van der Waals surface area contributed by atoms with Gasteiger partial charge in [-0.25, -0.2) is 9.97 Å². The second-order valence-electron chi connectivity index (χ2n) is 8.76. The van der Waals surface area contributed by atoms with E-state index in [-0.39, 0.29) is 18.5 Å².